The van der Waals surface area contributed by atoms with Crippen molar-refractivity contribution in [1.82, 2.24) is 14.8 Å². The number of nitrogens with zero attached hydrogens (tertiary/aromatic N) is 3. The van der Waals surface area contributed by atoms with Crippen LogP contribution in [0.4, 0.5) is 0 Å². The number of hydrogen-bond donors (Lipinski definition) is 1. The van der Waals surface area contributed by atoms with Crippen LogP contribution in [0.15, 0.2) is 33.9 Å². The normalized spacial score (nSPS) is 10.6. The van der Waals surface area contributed by atoms with Gasteiger partial charge in [-0.3, -0.25) is 4.79 Å². The summed E-state index contributed by atoms with van der Waals surface area (Å²) in [6.07, 6.45) is 0.634. The van der Waals surface area contributed by atoms with E-state index in [0.717, 1.165) is 10.0 Å². The molecule has 0 radical (unpaired) electrons. The molecule has 0 bridgehead atoms. The van der Waals surface area contributed by atoms with Crippen molar-refractivity contribution in [2.24, 2.45) is 7.05 Å². The van der Waals surface area contributed by atoms with E-state index in [4.69, 9.17) is 5.11 Å². The summed E-state index contributed by atoms with van der Waals surface area (Å²) in [6, 6.07) is 7.95. The highest BCUT2D eigenvalue weighted by Gasteiger charge is 2.10. The fraction of sp³-hybridized carbons (Fsp3) is 0.250. The number of aliphatic carboxylic acids is 1. The van der Waals surface area contributed by atoms with Crippen LogP contribution in [-0.4, -0.2) is 31.6 Å². The molecule has 100 valence electrons. The first-order valence-electron chi connectivity index (χ1n) is 5.53. The van der Waals surface area contributed by atoms with E-state index in [2.05, 4.69) is 26.0 Å². The molecule has 19 heavy (non-hydrogen) atoms. The predicted molar refractivity (Wildman–Crippen MR) is 76.3 cm³/mol. The molecule has 1 N–H and O–H groups in total. The van der Waals surface area contributed by atoms with Crippen molar-refractivity contribution < 1.29 is 9.90 Å². The molecule has 0 aliphatic carbocycles. The first kappa shape index (κ1) is 14.1. The van der Waals surface area contributed by atoms with Crippen molar-refractivity contribution >= 4 is 33.7 Å². The number of hydrogen-bond acceptors (Lipinski definition) is 4. The molecule has 7 heteroatoms. The van der Waals surface area contributed by atoms with Crippen LogP contribution in [0.3, 0.4) is 0 Å². The lowest BCUT2D eigenvalue weighted by molar-refractivity contribution is -0.133. The maximum atomic E-state index is 10.5. The van der Waals surface area contributed by atoms with Gasteiger partial charge in [-0.25, -0.2) is 9.67 Å². The van der Waals surface area contributed by atoms with Gasteiger partial charge in [-0.1, -0.05) is 39.8 Å². The number of benzene rings is 1. The first-order valence-corrected chi connectivity index (χ1v) is 7.31. The molecular weight excluding hydrogens is 330 g/mol. The van der Waals surface area contributed by atoms with Gasteiger partial charge in [0, 0.05) is 17.9 Å². The standard InChI is InChI=1S/C12H12BrN3O2S/c1-16-12(19-7-11(17)18)14-10(15-16)6-8-2-4-9(13)5-3-8/h2-5H,6-7H2,1H3,(H,17,18). The van der Waals surface area contributed by atoms with Gasteiger partial charge in [0.2, 0.25) is 0 Å². The fourth-order valence-corrected chi connectivity index (χ4v) is 2.45. The SMILES string of the molecule is Cn1nc(Cc2ccc(Br)cc2)nc1SCC(=O)O. The van der Waals surface area contributed by atoms with Crippen LogP contribution in [-0.2, 0) is 18.3 Å². The molecule has 0 fully saturated rings. The Morgan fingerprint density at radius 3 is 2.74 bits per heavy atom. The molecule has 0 amide bonds. The lowest BCUT2D eigenvalue weighted by atomic mass is 10.1. The van der Waals surface area contributed by atoms with Gasteiger partial charge in [0.05, 0.1) is 5.75 Å². The Bertz CT molecular complexity index is 583. The zero-order valence-corrected chi connectivity index (χ0v) is 12.6. The van der Waals surface area contributed by atoms with Crippen LogP contribution in [0.2, 0.25) is 0 Å². The van der Waals surface area contributed by atoms with Crippen LogP contribution >= 0.6 is 27.7 Å². The molecule has 1 heterocycles. The minimum Gasteiger partial charge on any atom is -0.481 e. The molecule has 0 aliphatic rings. The summed E-state index contributed by atoms with van der Waals surface area (Å²) >= 11 is 4.56. The van der Waals surface area contributed by atoms with E-state index >= 15 is 0 Å². The summed E-state index contributed by atoms with van der Waals surface area (Å²) in [5, 5.41) is 13.6. The molecule has 0 saturated carbocycles. The second-order valence-electron chi connectivity index (χ2n) is 3.92. The largest absolute Gasteiger partial charge is 0.481 e. The highest BCUT2D eigenvalue weighted by Crippen LogP contribution is 2.17. The Morgan fingerprint density at radius 1 is 1.42 bits per heavy atom. The van der Waals surface area contributed by atoms with Crippen LogP contribution < -0.4 is 0 Å². The molecule has 0 atom stereocenters. The van der Waals surface area contributed by atoms with E-state index in [-0.39, 0.29) is 5.75 Å². The molecular formula is C12H12BrN3O2S. The summed E-state index contributed by atoms with van der Waals surface area (Å²) in [5.41, 5.74) is 1.11. The predicted octanol–water partition coefficient (Wildman–Crippen LogP) is 2.35. The Morgan fingerprint density at radius 2 is 2.11 bits per heavy atom. The van der Waals surface area contributed by atoms with Crippen LogP contribution in [0.25, 0.3) is 0 Å². The number of aryl methyl sites for hydroxylation is 1. The Labute approximate surface area is 123 Å². The zero-order valence-electron chi connectivity index (χ0n) is 10.2. The van der Waals surface area contributed by atoms with Crippen molar-refractivity contribution in [2.75, 3.05) is 5.75 Å². The second kappa shape index (κ2) is 6.21. The Balaban J connectivity index is 2.07. The number of carboxylic acids is 1. The number of thioether (sulfide) groups is 1. The molecule has 2 aromatic rings. The third-order valence-electron chi connectivity index (χ3n) is 2.37. The van der Waals surface area contributed by atoms with E-state index in [9.17, 15) is 4.79 Å². The van der Waals surface area contributed by atoms with Crippen LogP contribution in [0.1, 0.15) is 11.4 Å². The molecule has 1 aromatic carbocycles. The summed E-state index contributed by atoms with van der Waals surface area (Å²) in [7, 11) is 1.77. The monoisotopic (exact) mass is 341 g/mol. The van der Waals surface area contributed by atoms with Gasteiger partial charge in [-0.15, -0.1) is 0 Å². The molecule has 5 nitrogen and oxygen atoms in total. The van der Waals surface area contributed by atoms with Gasteiger partial charge in [-0.05, 0) is 17.7 Å². The van der Waals surface area contributed by atoms with Crippen molar-refractivity contribution in [1.29, 1.82) is 0 Å². The molecule has 2 rings (SSSR count). The number of carbonyl (C=O) groups is 1. The lowest BCUT2D eigenvalue weighted by Crippen LogP contribution is -2.00. The minimum atomic E-state index is -0.859. The van der Waals surface area contributed by atoms with E-state index < -0.39 is 5.97 Å². The fourth-order valence-electron chi connectivity index (χ4n) is 1.53. The van der Waals surface area contributed by atoms with Gasteiger partial charge in [0.25, 0.3) is 0 Å². The van der Waals surface area contributed by atoms with Gasteiger partial charge in [0.15, 0.2) is 11.0 Å². The third-order valence-corrected chi connectivity index (χ3v) is 3.90. The van der Waals surface area contributed by atoms with Crippen LogP contribution in [0, 0.1) is 0 Å². The summed E-state index contributed by atoms with van der Waals surface area (Å²) in [4.78, 5) is 14.9. The van der Waals surface area contributed by atoms with E-state index in [1.807, 2.05) is 24.3 Å². The van der Waals surface area contributed by atoms with E-state index in [1.54, 1.807) is 11.7 Å². The van der Waals surface area contributed by atoms with Gasteiger partial charge in [0.1, 0.15) is 0 Å². The second-order valence-corrected chi connectivity index (χ2v) is 5.78. The van der Waals surface area contributed by atoms with Gasteiger partial charge in [-0.2, -0.15) is 5.10 Å². The smallest absolute Gasteiger partial charge is 0.313 e. The molecule has 0 unspecified atom stereocenters. The maximum Gasteiger partial charge on any atom is 0.313 e. The molecule has 1 aromatic heterocycles. The van der Waals surface area contributed by atoms with Crippen molar-refractivity contribution in [3.05, 3.63) is 40.1 Å². The van der Waals surface area contributed by atoms with Crippen molar-refractivity contribution in [3.63, 3.8) is 0 Å². The van der Waals surface area contributed by atoms with Gasteiger partial charge < -0.3 is 5.11 Å². The van der Waals surface area contributed by atoms with Gasteiger partial charge >= 0.3 is 5.97 Å². The maximum absolute atomic E-state index is 10.5. The number of aromatic nitrogens is 3. The third kappa shape index (κ3) is 4.07. The zero-order chi connectivity index (χ0) is 13.8. The highest BCUT2D eigenvalue weighted by atomic mass is 79.9. The number of halogens is 1. The van der Waals surface area contributed by atoms with E-state index in [1.165, 1.54) is 11.8 Å². The topological polar surface area (TPSA) is 68.0 Å². The molecule has 0 spiro atoms. The van der Waals surface area contributed by atoms with Crippen molar-refractivity contribution in [3.8, 4) is 0 Å². The summed E-state index contributed by atoms with van der Waals surface area (Å²) in [6.45, 7) is 0. The summed E-state index contributed by atoms with van der Waals surface area (Å²) in [5.74, 6) is -0.176. The van der Waals surface area contributed by atoms with E-state index in [0.29, 0.717) is 17.4 Å². The quantitative estimate of drug-likeness (QED) is 0.845. The number of rotatable bonds is 5. The Kier molecular flexibility index (Phi) is 4.60. The Hall–Kier alpha value is -1.34. The molecule has 0 saturated heterocycles. The molecule has 0 aliphatic heterocycles. The minimum absolute atomic E-state index is 0.00967. The first-order chi connectivity index (χ1) is 9.04. The number of carboxylic acid groups (broad SMARTS) is 1. The summed E-state index contributed by atoms with van der Waals surface area (Å²) < 4.78 is 2.64. The highest BCUT2D eigenvalue weighted by molar-refractivity contribution is 9.10. The van der Waals surface area contributed by atoms with Crippen LogP contribution in [0.5, 0.6) is 0 Å². The average molecular weight is 342 g/mol. The average Bonchev–Trinajstić information content (AvgIpc) is 2.70. The lowest BCUT2D eigenvalue weighted by Gasteiger charge is -1.96. The van der Waals surface area contributed by atoms with Crippen molar-refractivity contribution in [2.45, 2.75) is 11.6 Å².